The van der Waals surface area contributed by atoms with Crippen LogP contribution in [0.1, 0.15) is 0 Å². The van der Waals surface area contributed by atoms with Crippen LogP contribution in [0.3, 0.4) is 0 Å². The smallest absolute Gasteiger partial charge is 0.254 e. The first-order chi connectivity index (χ1) is 7.49. The van der Waals surface area contributed by atoms with E-state index in [2.05, 4.69) is 25.6 Å². The molecule has 0 aliphatic heterocycles. The van der Waals surface area contributed by atoms with E-state index in [4.69, 9.17) is 11.6 Å². The van der Waals surface area contributed by atoms with Gasteiger partial charge in [-0.3, -0.25) is 4.72 Å². The monoisotopic (exact) mass is 358 g/mol. The van der Waals surface area contributed by atoms with E-state index in [1.54, 1.807) is 5.38 Å². The molecule has 86 valence electrons. The molecular weight excluding hydrogens is 356 g/mol. The molecule has 2 rings (SSSR count). The van der Waals surface area contributed by atoms with E-state index in [-0.39, 0.29) is 4.21 Å². The predicted octanol–water partition coefficient (Wildman–Crippen LogP) is 3.42. The number of hydrogen-bond donors (Lipinski definition) is 1. The lowest BCUT2D eigenvalue weighted by molar-refractivity contribution is 0.603. The van der Waals surface area contributed by atoms with Crippen molar-refractivity contribution in [1.82, 2.24) is 4.98 Å². The van der Waals surface area contributed by atoms with E-state index in [0.29, 0.717) is 13.9 Å². The number of nitrogens with one attached hydrogen (secondary N) is 1. The number of thiazole rings is 1. The maximum atomic E-state index is 11.9. The Morgan fingerprint density at radius 1 is 1.50 bits per heavy atom. The molecule has 0 unspecified atom stereocenters. The van der Waals surface area contributed by atoms with Crippen molar-refractivity contribution in [3.05, 3.63) is 26.5 Å². The Morgan fingerprint density at radius 3 is 2.75 bits per heavy atom. The van der Waals surface area contributed by atoms with Gasteiger partial charge in [-0.2, -0.15) is 0 Å². The number of anilines is 1. The van der Waals surface area contributed by atoms with E-state index < -0.39 is 10.0 Å². The maximum Gasteiger partial charge on any atom is 0.273 e. The molecule has 9 heteroatoms. The van der Waals surface area contributed by atoms with Crippen LogP contribution in [-0.4, -0.2) is 13.4 Å². The second-order valence-electron chi connectivity index (χ2n) is 2.63. The number of rotatable bonds is 3. The fraction of sp³-hybridized carbons (Fsp3) is 0. The van der Waals surface area contributed by atoms with Gasteiger partial charge in [-0.15, -0.1) is 22.7 Å². The zero-order valence-corrected chi connectivity index (χ0v) is 12.3. The molecule has 0 radical (unpaired) electrons. The Hall–Kier alpha value is -0.150. The van der Waals surface area contributed by atoms with Gasteiger partial charge in [0.15, 0.2) is 5.13 Å². The minimum absolute atomic E-state index is 0.152. The molecule has 2 heterocycles. The summed E-state index contributed by atoms with van der Waals surface area (Å²) < 4.78 is 26.8. The Morgan fingerprint density at radius 2 is 2.25 bits per heavy atom. The van der Waals surface area contributed by atoms with Crippen LogP contribution in [0.25, 0.3) is 0 Å². The number of thiophene rings is 1. The van der Waals surface area contributed by atoms with Gasteiger partial charge in [-0.1, -0.05) is 11.6 Å². The molecule has 0 bridgehead atoms. The van der Waals surface area contributed by atoms with Crippen molar-refractivity contribution >= 4 is 65.4 Å². The molecule has 4 nitrogen and oxygen atoms in total. The first-order valence-electron chi connectivity index (χ1n) is 3.86. The van der Waals surface area contributed by atoms with Crippen LogP contribution in [0.5, 0.6) is 0 Å². The van der Waals surface area contributed by atoms with Crippen LogP contribution < -0.4 is 4.72 Å². The first kappa shape index (κ1) is 12.3. The Kier molecular flexibility index (Phi) is 3.55. The summed E-state index contributed by atoms with van der Waals surface area (Å²) in [7, 11) is -3.58. The van der Waals surface area contributed by atoms with Gasteiger partial charge in [0.25, 0.3) is 10.0 Å². The van der Waals surface area contributed by atoms with Crippen LogP contribution in [0.2, 0.25) is 5.02 Å². The molecule has 0 fully saturated rings. The molecule has 16 heavy (non-hydrogen) atoms. The lowest BCUT2D eigenvalue weighted by Gasteiger charge is -2.00. The topological polar surface area (TPSA) is 59.1 Å². The summed E-state index contributed by atoms with van der Waals surface area (Å²) >= 11 is 11.2. The van der Waals surface area contributed by atoms with Crippen LogP contribution in [0, 0.1) is 0 Å². The number of aromatic nitrogens is 1. The Labute approximate surface area is 113 Å². The average molecular weight is 360 g/mol. The van der Waals surface area contributed by atoms with Gasteiger partial charge < -0.3 is 0 Å². The summed E-state index contributed by atoms with van der Waals surface area (Å²) in [6.45, 7) is 0. The van der Waals surface area contributed by atoms with Gasteiger partial charge in [-0.05, 0) is 22.0 Å². The summed E-state index contributed by atoms with van der Waals surface area (Å²) in [5.74, 6) is 0. The highest BCUT2D eigenvalue weighted by Gasteiger charge is 2.19. The molecule has 0 aliphatic carbocycles. The average Bonchev–Trinajstić information content (AvgIpc) is 2.78. The van der Waals surface area contributed by atoms with Gasteiger partial charge in [-0.25, -0.2) is 13.4 Å². The van der Waals surface area contributed by atoms with Crippen molar-refractivity contribution in [3.63, 3.8) is 0 Å². The zero-order valence-electron chi connectivity index (χ0n) is 7.48. The van der Waals surface area contributed by atoms with E-state index in [0.717, 1.165) is 11.3 Å². The zero-order chi connectivity index (χ0) is 11.8. The molecule has 2 aromatic heterocycles. The fourth-order valence-electron chi connectivity index (χ4n) is 0.898. The van der Waals surface area contributed by atoms with Crippen LogP contribution in [-0.2, 0) is 10.0 Å². The summed E-state index contributed by atoms with van der Waals surface area (Å²) in [5.41, 5.74) is 0. The lowest BCUT2D eigenvalue weighted by Crippen LogP contribution is -2.10. The maximum absolute atomic E-state index is 11.9. The summed E-state index contributed by atoms with van der Waals surface area (Å²) in [4.78, 5) is 3.84. The highest BCUT2D eigenvalue weighted by molar-refractivity contribution is 9.11. The summed E-state index contributed by atoms with van der Waals surface area (Å²) in [5, 5.41) is 2.40. The minimum atomic E-state index is -3.58. The Bertz CT molecular complexity index is 574. The van der Waals surface area contributed by atoms with E-state index in [9.17, 15) is 8.42 Å². The third-order valence-corrected chi connectivity index (χ3v) is 6.65. The number of halogens is 2. The van der Waals surface area contributed by atoms with Gasteiger partial charge >= 0.3 is 0 Å². The Balaban J connectivity index is 2.32. The molecule has 0 aliphatic rings. The number of sulfonamides is 1. The van der Waals surface area contributed by atoms with E-state index in [1.807, 2.05) is 0 Å². The second kappa shape index (κ2) is 4.61. The largest absolute Gasteiger partial charge is 0.273 e. The van der Waals surface area contributed by atoms with Gasteiger partial charge in [0, 0.05) is 11.6 Å². The third-order valence-electron chi connectivity index (χ3n) is 1.54. The highest BCUT2D eigenvalue weighted by Crippen LogP contribution is 2.35. The second-order valence-corrected chi connectivity index (χ2v) is 8.21. The van der Waals surface area contributed by atoms with E-state index >= 15 is 0 Å². The van der Waals surface area contributed by atoms with Gasteiger partial charge in [0.1, 0.15) is 4.21 Å². The molecule has 0 aromatic carbocycles. The SMILES string of the molecule is O=S(=O)(Nc1nccs1)c1cc(Cl)c(Br)s1. The highest BCUT2D eigenvalue weighted by atomic mass is 79.9. The predicted molar refractivity (Wildman–Crippen MR) is 70.0 cm³/mol. The molecule has 0 amide bonds. The van der Waals surface area contributed by atoms with Crippen molar-refractivity contribution in [1.29, 1.82) is 0 Å². The first-order valence-corrected chi connectivity index (χ1v) is 8.21. The molecule has 0 saturated carbocycles. The lowest BCUT2D eigenvalue weighted by atomic mass is 10.7. The van der Waals surface area contributed by atoms with Crippen molar-refractivity contribution in [2.45, 2.75) is 4.21 Å². The van der Waals surface area contributed by atoms with Crippen molar-refractivity contribution in [2.75, 3.05) is 4.72 Å². The molecule has 0 atom stereocenters. The standard InChI is InChI=1S/C7H4BrClN2O2S3/c8-6-4(9)3-5(15-6)16(12,13)11-7-10-1-2-14-7/h1-3H,(H,10,11). The number of hydrogen-bond acceptors (Lipinski definition) is 5. The normalized spacial score (nSPS) is 11.6. The molecule has 1 N–H and O–H groups in total. The fourth-order valence-corrected chi connectivity index (χ4v) is 5.09. The van der Waals surface area contributed by atoms with Crippen LogP contribution in [0.15, 0.2) is 25.6 Å². The molecule has 0 saturated heterocycles. The van der Waals surface area contributed by atoms with E-state index in [1.165, 1.54) is 23.6 Å². The van der Waals surface area contributed by atoms with Crippen molar-refractivity contribution < 1.29 is 8.42 Å². The van der Waals surface area contributed by atoms with Crippen LogP contribution >= 0.6 is 50.2 Å². The quantitative estimate of drug-likeness (QED) is 0.913. The molecule has 2 aromatic rings. The van der Waals surface area contributed by atoms with Gasteiger partial charge in [0.05, 0.1) is 8.81 Å². The molecular formula is C7H4BrClN2O2S3. The summed E-state index contributed by atoms with van der Waals surface area (Å²) in [6, 6.07) is 1.40. The van der Waals surface area contributed by atoms with Crippen LogP contribution in [0.4, 0.5) is 5.13 Å². The van der Waals surface area contributed by atoms with Gasteiger partial charge in [0.2, 0.25) is 0 Å². The third kappa shape index (κ3) is 2.57. The molecule has 0 spiro atoms. The number of nitrogens with zero attached hydrogens (tertiary/aromatic N) is 1. The van der Waals surface area contributed by atoms with Crippen molar-refractivity contribution in [2.24, 2.45) is 0 Å². The van der Waals surface area contributed by atoms with Crippen molar-refractivity contribution in [3.8, 4) is 0 Å². The summed E-state index contributed by atoms with van der Waals surface area (Å²) in [6.07, 6.45) is 1.53. The minimum Gasteiger partial charge on any atom is -0.254 e.